The van der Waals surface area contributed by atoms with Crippen LogP contribution in [0.15, 0.2) is 12.2 Å². The standard InChI is InChI=1S/C11H18O4/c1-8-12-6-9(14-8)4-5-10-7-13-11(2,3)15-10/h4-5,8-10H,6-7H2,1-3H3/b5-4+. The maximum Gasteiger partial charge on any atom is 0.163 e. The van der Waals surface area contributed by atoms with Crippen LogP contribution in [0.25, 0.3) is 0 Å². The van der Waals surface area contributed by atoms with Gasteiger partial charge in [-0.2, -0.15) is 0 Å². The molecule has 2 rings (SSSR count). The van der Waals surface area contributed by atoms with Crippen LogP contribution in [0.2, 0.25) is 0 Å². The largest absolute Gasteiger partial charge is 0.350 e. The van der Waals surface area contributed by atoms with Gasteiger partial charge in [0.05, 0.1) is 13.2 Å². The van der Waals surface area contributed by atoms with E-state index in [0.29, 0.717) is 13.2 Å². The molecule has 2 aliphatic rings. The maximum atomic E-state index is 5.63. The van der Waals surface area contributed by atoms with Crippen molar-refractivity contribution in [1.29, 1.82) is 0 Å². The van der Waals surface area contributed by atoms with E-state index in [1.54, 1.807) is 0 Å². The summed E-state index contributed by atoms with van der Waals surface area (Å²) in [6.45, 7) is 6.95. The topological polar surface area (TPSA) is 36.9 Å². The number of rotatable bonds is 2. The minimum atomic E-state index is -0.463. The van der Waals surface area contributed by atoms with Gasteiger partial charge in [-0.15, -0.1) is 0 Å². The highest BCUT2D eigenvalue weighted by atomic mass is 16.7. The highest BCUT2D eigenvalue weighted by Crippen LogP contribution is 2.23. The Morgan fingerprint density at radius 2 is 1.87 bits per heavy atom. The van der Waals surface area contributed by atoms with Gasteiger partial charge in [-0.3, -0.25) is 0 Å². The fraction of sp³-hybridized carbons (Fsp3) is 0.818. The zero-order valence-corrected chi connectivity index (χ0v) is 9.43. The summed E-state index contributed by atoms with van der Waals surface area (Å²) in [6, 6.07) is 0. The molecule has 2 fully saturated rings. The second kappa shape index (κ2) is 4.22. The van der Waals surface area contributed by atoms with Crippen LogP contribution in [0.5, 0.6) is 0 Å². The van der Waals surface area contributed by atoms with E-state index in [9.17, 15) is 0 Å². The molecule has 2 saturated heterocycles. The molecular formula is C11H18O4. The first-order valence-electron chi connectivity index (χ1n) is 5.32. The molecule has 0 aromatic heterocycles. The lowest BCUT2D eigenvalue weighted by molar-refractivity contribution is -0.133. The zero-order chi connectivity index (χ0) is 10.9. The van der Waals surface area contributed by atoms with Crippen LogP contribution in [-0.4, -0.2) is 37.5 Å². The minimum Gasteiger partial charge on any atom is -0.350 e. The fourth-order valence-electron chi connectivity index (χ4n) is 1.71. The van der Waals surface area contributed by atoms with Gasteiger partial charge in [-0.25, -0.2) is 0 Å². The Morgan fingerprint density at radius 1 is 1.13 bits per heavy atom. The quantitative estimate of drug-likeness (QED) is 0.652. The first kappa shape index (κ1) is 11.1. The third-order valence-corrected chi connectivity index (χ3v) is 2.43. The summed E-state index contributed by atoms with van der Waals surface area (Å²) in [5.74, 6) is -0.463. The number of ether oxygens (including phenoxy) is 4. The van der Waals surface area contributed by atoms with Crippen LogP contribution < -0.4 is 0 Å². The van der Waals surface area contributed by atoms with Crippen molar-refractivity contribution in [3.63, 3.8) is 0 Å². The van der Waals surface area contributed by atoms with Gasteiger partial charge in [0.15, 0.2) is 12.1 Å². The molecule has 3 atom stereocenters. The average molecular weight is 214 g/mol. The lowest BCUT2D eigenvalue weighted by Crippen LogP contribution is -2.21. The van der Waals surface area contributed by atoms with Crippen LogP contribution >= 0.6 is 0 Å². The SMILES string of the molecule is CC1OCC(/C=C/C2COC(C)(C)O2)O1. The Hall–Kier alpha value is -0.420. The lowest BCUT2D eigenvalue weighted by Gasteiger charge is -2.15. The average Bonchev–Trinajstić information content (AvgIpc) is 2.69. The molecule has 86 valence electrons. The van der Waals surface area contributed by atoms with Gasteiger partial charge in [0.25, 0.3) is 0 Å². The highest BCUT2D eigenvalue weighted by Gasteiger charge is 2.31. The van der Waals surface area contributed by atoms with Crippen molar-refractivity contribution in [2.45, 2.75) is 45.1 Å². The van der Waals surface area contributed by atoms with E-state index < -0.39 is 5.79 Å². The molecule has 0 N–H and O–H groups in total. The highest BCUT2D eigenvalue weighted by molar-refractivity contribution is 4.98. The van der Waals surface area contributed by atoms with Crippen molar-refractivity contribution >= 4 is 0 Å². The maximum absolute atomic E-state index is 5.63. The second-order valence-electron chi connectivity index (χ2n) is 4.33. The van der Waals surface area contributed by atoms with Crippen molar-refractivity contribution in [2.24, 2.45) is 0 Å². The summed E-state index contributed by atoms with van der Waals surface area (Å²) >= 11 is 0. The molecule has 0 aromatic rings. The number of hydrogen-bond donors (Lipinski definition) is 0. The molecule has 0 aliphatic carbocycles. The molecule has 4 heteroatoms. The molecule has 15 heavy (non-hydrogen) atoms. The third-order valence-electron chi connectivity index (χ3n) is 2.43. The predicted molar refractivity (Wildman–Crippen MR) is 54.3 cm³/mol. The van der Waals surface area contributed by atoms with Crippen LogP contribution in [0.4, 0.5) is 0 Å². The zero-order valence-electron chi connectivity index (χ0n) is 9.43. The molecular weight excluding hydrogens is 196 g/mol. The predicted octanol–water partition coefficient (Wildman–Crippen LogP) is 1.46. The second-order valence-corrected chi connectivity index (χ2v) is 4.33. The Kier molecular flexibility index (Phi) is 3.11. The van der Waals surface area contributed by atoms with Crippen LogP contribution in [0, 0.1) is 0 Å². The smallest absolute Gasteiger partial charge is 0.163 e. The molecule has 0 saturated carbocycles. The van der Waals surface area contributed by atoms with Crippen molar-refractivity contribution in [2.75, 3.05) is 13.2 Å². The van der Waals surface area contributed by atoms with E-state index in [1.807, 2.05) is 32.9 Å². The summed E-state index contributed by atoms with van der Waals surface area (Å²) in [6.07, 6.45) is 3.95. The molecule has 2 heterocycles. The molecule has 0 amide bonds. The van der Waals surface area contributed by atoms with E-state index in [1.165, 1.54) is 0 Å². The van der Waals surface area contributed by atoms with E-state index in [-0.39, 0.29) is 18.5 Å². The van der Waals surface area contributed by atoms with Gasteiger partial charge in [0.2, 0.25) is 0 Å². The van der Waals surface area contributed by atoms with Crippen LogP contribution in [0.1, 0.15) is 20.8 Å². The number of hydrogen-bond acceptors (Lipinski definition) is 4. The molecule has 0 radical (unpaired) electrons. The van der Waals surface area contributed by atoms with Crippen LogP contribution in [-0.2, 0) is 18.9 Å². The summed E-state index contributed by atoms with van der Waals surface area (Å²) in [5, 5.41) is 0. The van der Waals surface area contributed by atoms with Gasteiger partial charge in [0.1, 0.15) is 12.2 Å². The molecule has 0 bridgehead atoms. The monoisotopic (exact) mass is 214 g/mol. The summed E-state index contributed by atoms with van der Waals surface area (Å²) < 4.78 is 21.8. The third kappa shape index (κ3) is 3.01. The minimum absolute atomic E-state index is 0.0273. The van der Waals surface area contributed by atoms with E-state index in [4.69, 9.17) is 18.9 Å². The molecule has 2 aliphatic heterocycles. The van der Waals surface area contributed by atoms with Gasteiger partial charge < -0.3 is 18.9 Å². The molecule has 0 spiro atoms. The Labute approximate surface area is 90.1 Å². The first-order valence-corrected chi connectivity index (χ1v) is 5.32. The van der Waals surface area contributed by atoms with E-state index in [2.05, 4.69) is 0 Å². The van der Waals surface area contributed by atoms with Crippen molar-refractivity contribution in [3.8, 4) is 0 Å². The first-order chi connectivity index (χ1) is 7.05. The van der Waals surface area contributed by atoms with Gasteiger partial charge in [-0.05, 0) is 20.8 Å². The van der Waals surface area contributed by atoms with Gasteiger partial charge in [0, 0.05) is 0 Å². The van der Waals surface area contributed by atoms with E-state index >= 15 is 0 Å². The van der Waals surface area contributed by atoms with Crippen molar-refractivity contribution in [3.05, 3.63) is 12.2 Å². The van der Waals surface area contributed by atoms with Crippen molar-refractivity contribution in [1.82, 2.24) is 0 Å². The summed E-state index contributed by atoms with van der Waals surface area (Å²) in [5.41, 5.74) is 0. The summed E-state index contributed by atoms with van der Waals surface area (Å²) in [4.78, 5) is 0. The lowest BCUT2D eigenvalue weighted by atomic mass is 10.2. The Balaban J connectivity index is 1.80. The Bertz CT molecular complexity index is 249. The van der Waals surface area contributed by atoms with Crippen LogP contribution in [0.3, 0.4) is 0 Å². The molecule has 3 unspecified atom stereocenters. The van der Waals surface area contributed by atoms with Crippen molar-refractivity contribution < 1.29 is 18.9 Å². The van der Waals surface area contributed by atoms with Gasteiger partial charge in [-0.1, -0.05) is 12.2 Å². The summed E-state index contributed by atoms with van der Waals surface area (Å²) in [7, 11) is 0. The molecule has 0 aromatic carbocycles. The van der Waals surface area contributed by atoms with Gasteiger partial charge >= 0.3 is 0 Å². The molecule has 4 nitrogen and oxygen atoms in total. The van der Waals surface area contributed by atoms with E-state index in [0.717, 1.165) is 0 Å². The normalized spacial score (nSPS) is 40.3. The fourth-order valence-corrected chi connectivity index (χ4v) is 1.71. The Morgan fingerprint density at radius 3 is 2.40 bits per heavy atom.